The number of hydrogen-bond acceptors (Lipinski definition) is 4. The Labute approximate surface area is 101 Å². The van der Waals surface area contributed by atoms with Gasteiger partial charge >= 0.3 is 0 Å². The van der Waals surface area contributed by atoms with Crippen molar-refractivity contribution in [2.45, 2.75) is 26.4 Å². The summed E-state index contributed by atoms with van der Waals surface area (Å²) in [5, 5.41) is 0.395. The molecule has 90 valence electrons. The van der Waals surface area contributed by atoms with Gasteiger partial charge in [-0.3, -0.25) is 4.98 Å². The smallest absolute Gasteiger partial charge is 0.147 e. The quantitative estimate of drug-likeness (QED) is 0.659. The molecule has 1 heterocycles. The first-order chi connectivity index (χ1) is 7.83. The molecule has 0 radical (unpaired) electrons. The Bertz CT molecular complexity index is 280. The van der Waals surface area contributed by atoms with Crippen LogP contribution in [0.15, 0.2) is 12.4 Å². The minimum atomic E-state index is 0.395. The molecule has 0 atom stereocenters. The molecule has 5 heteroatoms. The Morgan fingerprint density at radius 1 is 1.12 bits per heavy atom. The van der Waals surface area contributed by atoms with Gasteiger partial charge in [-0.2, -0.15) is 0 Å². The van der Waals surface area contributed by atoms with Crippen LogP contribution in [0.4, 0.5) is 0 Å². The van der Waals surface area contributed by atoms with E-state index in [2.05, 4.69) is 16.9 Å². The van der Waals surface area contributed by atoms with E-state index in [9.17, 15) is 0 Å². The van der Waals surface area contributed by atoms with Crippen molar-refractivity contribution in [1.82, 2.24) is 9.97 Å². The van der Waals surface area contributed by atoms with E-state index in [-0.39, 0.29) is 0 Å². The average molecular weight is 245 g/mol. The molecular weight excluding hydrogens is 228 g/mol. The Hall–Kier alpha value is -0.710. The summed E-state index contributed by atoms with van der Waals surface area (Å²) in [5.74, 6) is 0. The highest BCUT2D eigenvalue weighted by molar-refractivity contribution is 6.29. The maximum Gasteiger partial charge on any atom is 0.147 e. The first kappa shape index (κ1) is 13.4. The zero-order chi connectivity index (χ0) is 11.6. The minimum Gasteiger partial charge on any atom is -0.379 e. The van der Waals surface area contributed by atoms with Gasteiger partial charge in [0.15, 0.2) is 0 Å². The highest BCUT2D eigenvalue weighted by atomic mass is 35.5. The molecule has 16 heavy (non-hydrogen) atoms. The molecule has 0 aliphatic carbocycles. The summed E-state index contributed by atoms with van der Waals surface area (Å²) < 4.78 is 10.7. The molecule has 0 N–H and O–H groups in total. The van der Waals surface area contributed by atoms with Crippen molar-refractivity contribution >= 4 is 11.6 Å². The highest BCUT2D eigenvalue weighted by Crippen LogP contribution is 2.02. The zero-order valence-electron chi connectivity index (χ0n) is 9.49. The largest absolute Gasteiger partial charge is 0.379 e. The maximum atomic E-state index is 5.61. The van der Waals surface area contributed by atoms with Crippen LogP contribution in [0.1, 0.15) is 25.5 Å². The summed E-state index contributed by atoms with van der Waals surface area (Å²) in [6.45, 7) is 4.59. The third kappa shape index (κ3) is 6.00. The number of hydrogen-bond donors (Lipinski definition) is 0. The lowest BCUT2D eigenvalue weighted by Crippen LogP contribution is -2.06. The fraction of sp³-hybridized carbons (Fsp3) is 0.636. The molecule has 4 nitrogen and oxygen atoms in total. The van der Waals surface area contributed by atoms with Crippen LogP contribution < -0.4 is 0 Å². The van der Waals surface area contributed by atoms with Gasteiger partial charge in [-0.05, 0) is 6.42 Å². The van der Waals surface area contributed by atoms with Crippen LogP contribution >= 0.6 is 11.6 Å². The first-order valence-electron chi connectivity index (χ1n) is 5.45. The molecule has 1 aromatic heterocycles. The summed E-state index contributed by atoms with van der Waals surface area (Å²) in [5.41, 5.74) is 0.776. The van der Waals surface area contributed by atoms with Crippen LogP contribution in [0.5, 0.6) is 0 Å². The SMILES string of the molecule is CCCCOCCOCc1cnc(Cl)cn1. The molecule has 0 aliphatic rings. The van der Waals surface area contributed by atoms with E-state index in [0.29, 0.717) is 25.0 Å². The molecule has 0 bridgehead atoms. The number of ether oxygens (including phenoxy) is 2. The van der Waals surface area contributed by atoms with Crippen molar-refractivity contribution in [1.29, 1.82) is 0 Å². The number of aromatic nitrogens is 2. The lowest BCUT2D eigenvalue weighted by molar-refractivity contribution is 0.0385. The Morgan fingerprint density at radius 2 is 1.94 bits per heavy atom. The van der Waals surface area contributed by atoms with Crippen molar-refractivity contribution in [3.8, 4) is 0 Å². The number of halogens is 1. The van der Waals surface area contributed by atoms with E-state index in [1.165, 1.54) is 6.20 Å². The second-order valence-corrected chi connectivity index (χ2v) is 3.74. The molecule has 0 aliphatic heterocycles. The Balaban J connectivity index is 2.01. The predicted molar refractivity (Wildman–Crippen MR) is 62.4 cm³/mol. The standard InChI is InChI=1S/C11H17ClN2O2/c1-2-3-4-15-5-6-16-9-10-7-14-11(12)8-13-10/h7-8H,2-6,9H2,1H3. The second kappa shape index (κ2) is 8.44. The molecular formula is C11H17ClN2O2. The summed E-state index contributed by atoms with van der Waals surface area (Å²) >= 11 is 5.61. The average Bonchev–Trinajstić information content (AvgIpc) is 2.30. The van der Waals surface area contributed by atoms with E-state index in [1.54, 1.807) is 6.20 Å². The van der Waals surface area contributed by atoms with Gasteiger partial charge in [-0.1, -0.05) is 24.9 Å². The molecule has 1 aromatic rings. The third-order valence-corrected chi connectivity index (χ3v) is 2.13. The van der Waals surface area contributed by atoms with Gasteiger partial charge in [0.25, 0.3) is 0 Å². The van der Waals surface area contributed by atoms with Crippen LogP contribution in [0.2, 0.25) is 5.15 Å². The summed E-state index contributed by atoms with van der Waals surface area (Å²) in [6, 6.07) is 0. The predicted octanol–water partition coefficient (Wildman–Crippen LogP) is 2.46. The summed E-state index contributed by atoms with van der Waals surface area (Å²) in [7, 11) is 0. The first-order valence-corrected chi connectivity index (χ1v) is 5.82. The lowest BCUT2D eigenvalue weighted by atomic mass is 10.4. The van der Waals surface area contributed by atoms with Crippen LogP contribution in [0, 0.1) is 0 Å². The maximum absolute atomic E-state index is 5.61. The molecule has 0 saturated carbocycles. The minimum absolute atomic E-state index is 0.395. The molecule has 0 aromatic carbocycles. The van der Waals surface area contributed by atoms with Crippen molar-refractivity contribution in [3.05, 3.63) is 23.2 Å². The normalized spacial score (nSPS) is 10.6. The van der Waals surface area contributed by atoms with E-state index < -0.39 is 0 Å². The van der Waals surface area contributed by atoms with Crippen LogP contribution in [0.25, 0.3) is 0 Å². The molecule has 0 saturated heterocycles. The van der Waals surface area contributed by atoms with Crippen molar-refractivity contribution < 1.29 is 9.47 Å². The van der Waals surface area contributed by atoms with Gasteiger partial charge in [-0.15, -0.1) is 0 Å². The molecule has 0 fully saturated rings. The summed E-state index contributed by atoms with van der Waals surface area (Å²) in [6.07, 6.45) is 5.38. The molecule has 0 amide bonds. The van der Waals surface area contributed by atoms with Gasteiger partial charge in [0.2, 0.25) is 0 Å². The Morgan fingerprint density at radius 3 is 2.62 bits per heavy atom. The monoisotopic (exact) mass is 244 g/mol. The fourth-order valence-corrected chi connectivity index (χ4v) is 1.15. The number of rotatable bonds is 8. The van der Waals surface area contributed by atoms with Crippen LogP contribution in [-0.2, 0) is 16.1 Å². The zero-order valence-corrected chi connectivity index (χ0v) is 10.2. The van der Waals surface area contributed by atoms with E-state index >= 15 is 0 Å². The van der Waals surface area contributed by atoms with Gasteiger partial charge in [0.05, 0.1) is 37.9 Å². The van der Waals surface area contributed by atoms with E-state index in [0.717, 1.165) is 25.1 Å². The highest BCUT2D eigenvalue weighted by Gasteiger charge is 1.96. The van der Waals surface area contributed by atoms with Crippen LogP contribution in [0.3, 0.4) is 0 Å². The van der Waals surface area contributed by atoms with Crippen molar-refractivity contribution in [2.75, 3.05) is 19.8 Å². The second-order valence-electron chi connectivity index (χ2n) is 3.35. The third-order valence-electron chi connectivity index (χ3n) is 1.94. The van der Waals surface area contributed by atoms with Gasteiger partial charge in [0, 0.05) is 6.61 Å². The van der Waals surface area contributed by atoms with Crippen LogP contribution in [-0.4, -0.2) is 29.8 Å². The lowest BCUT2D eigenvalue weighted by Gasteiger charge is -2.04. The molecule has 1 rings (SSSR count). The van der Waals surface area contributed by atoms with Gasteiger partial charge in [-0.25, -0.2) is 4.98 Å². The van der Waals surface area contributed by atoms with Crippen molar-refractivity contribution in [3.63, 3.8) is 0 Å². The molecule has 0 spiro atoms. The topological polar surface area (TPSA) is 44.2 Å². The van der Waals surface area contributed by atoms with E-state index in [4.69, 9.17) is 21.1 Å². The van der Waals surface area contributed by atoms with E-state index in [1.807, 2.05) is 0 Å². The number of unbranched alkanes of at least 4 members (excludes halogenated alkanes) is 1. The van der Waals surface area contributed by atoms with Gasteiger partial charge < -0.3 is 9.47 Å². The fourth-order valence-electron chi connectivity index (χ4n) is 1.06. The molecule has 0 unspecified atom stereocenters. The van der Waals surface area contributed by atoms with Crippen molar-refractivity contribution in [2.24, 2.45) is 0 Å². The Kier molecular flexibility index (Phi) is 7.05. The van der Waals surface area contributed by atoms with Gasteiger partial charge in [0.1, 0.15) is 5.15 Å². The number of nitrogens with zero attached hydrogens (tertiary/aromatic N) is 2. The summed E-state index contributed by atoms with van der Waals surface area (Å²) in [4.78, 5) is 7.98.